The smallest absolute Gasteiger partial charge is 0.131 e. The van der Waals surface area contributed by atoms with E-state index in [4.69, 9.17) is 5.73 Å². The molecule has 0 aliphatic heterocycles. The topological polar surface area (TPSA) is 79.6 Å². The van der Waals surface area contributed by atoms with Crippen molar-refractivity contribution in [1.82, 2.24) is 19.9 Å². The molecule has 5 nitrogen and oxygen atoms in total. The molecule has 21 heavy (non-hydrogen) atoms. The summed E-state index contributed by atoms with van der Waals surface area (Å²) in [6, 6.07) is 4.14. The van der Waals surface area contributed by atoms with E-state index in [0.29, 0.717) is 5.82 Å². The summed E-state index contributed by atoms with van der Waals surface area (Å²) in [7, 11) is 0. The van der Waals surface area contributed by atoms with Crippen LogP contribution in [0.5, 0.6) is 0 Å². The van der Waals surface area contributed by atoms with Gasteiger partial charge < -0.3 is 5.73 Å². The second kappa shape index (κ2) is 5.75. The molecule has 2 aromatic heterocycles. The number of nitrogens with two attached hydrogens (primary N) is 1. The quantitative estimate of drug-likeness (QED) is 0.645. The van der Waals surface area contributed by atoms with Crippen LogP contribution in [0.2, 0.25) is 0 Å². The fourth-order valence-corrected chi connectivity index (χ4v) is 3.09. The molecule has 3 aromatic rings. The monoisotopic (exact) mass is 299 g/mol. The number of hydrogen-bond acceptors (Lipinski definition) is 5. The first-order valence-corrected chi connectivity index (χ1v) is 7.50. The zero-order chi connectivity index (χ0) is 14.8. The molecule has 0 atom stereocenters. The Morgan fingerprint density at radius 2 is 2.19 bits per heavy atom. The second-order valence-corrected chi connectivity index (χ2v) is 5.91. The van der Waals surface area contributed by atoms with Crippen LogP contribution in [0.25, 0.3) is 10.8 Å². The van der Waals surface area contributed by atoms with Crippen LogP contribution in [0, 0.1) is 13.8 Å². The van der Waals surface area contributed by atoms with Crippen LogP contribution in [-0.2, 0) is 6.54 Å². The number of rotatable bonds is 4. The molecule has 4 N–H and O–H groups in total. The molecule has 6 heteroatoms. The van der Waals surface area contributed by atoms with Crippen LogP contribution in [0.15, 0.2) is 35.6 Å². The predicted octanol–water partition coefficient (Wildman–Crippen LogP) is 2.95. The lowest BCUT2D eigenvalue weighted by Crippen LogP contribution is -2.07. The lowest BCUT2D eigenvalue weighted by atomic mass is 9.96. The lowest BCUT2D eigenvalue weighted by Gasteiger charge is -2.14. The minimum absolute atomic E-state index is 0.589. The SMILES string of the molecule is Cc1cc2c(N)nccc2c(C)c1CNSc1cn[nH]c1. The van der Waals surface area contributed by atoms with Crippen LogP contribution in [0.1, 0.15) is 16.7 Å². The highest BCUT2D eigenvalue weighted by atomic mass is 32.2. The van der Waals surface area contributed by atoms with Crippen molar-refractivity contribution in [2.45, 2.75) is 25.3 Å². The van der Waals surface area contributed by atoms with E-state index in [9.17, 15) is 0 Å². The molecule has 0 aliphatic carbocycles. The first-order chi connectivity index (χ1) is 10.2. The van der Waals surface area contributed by atoms with Crippen molar-refractivity contribution in [1.29, 1.82) is 0 Å². The van der Waals surface area contributed by atoms with Gasteiger partial charge in [0.2, 0.25) is 0 Å². The summed E-state index contributed by atoms with van der Waals surface area (Å²) < 4.78 is 3.37. The van der Waals surface area contributed by atoms with Crippen LogP contribution in [0.4, 0.5) is 5.82 Å². The molecule has 0 aliphatic rings. The summed E-state index contributed by atoms with van der Waals surface area (Å²) in [6.45, 7) is 5.03. The molecule has 0 saturated carbocycles. The van der Waals surface area contributed by atoms with Gasteiger partial charge in [-0.25, -0.2) is 4.98 Å². The second-order valence-electron chi connectivity index (χ2n) is 4.95. The van der Waals surface area contributed by atoms with Crippen LogP contribution in [-0.4, -0.2) is 15.2 Å². The molecule has 108 valence electrons. The van der Waals surface area contributed by atoms with Crippen molar-refractivity contribution in [2.75, 3.05) is 5.73 Å². The van der Waals surface area contributed by atoms with Gasteiger partial charge in [-0.15, -0.1) is 0 Å². The molecule has 0 unspecified atom stereocenters. The average Bonchev–Trinajstić information content (AvgIpc) is 2.97. The predicted molar refractivity (Wildman–Crippen MR) is 86.9 cm³/mol. The van der Waals surface area contributed by atoms with Crippen molar-refractivity contribution in [3.63, 3.8) is 0 Å². The van der Waals surface area contributed by atoms with Crippen molar-refractivity contribution in [2.24, 2.45) is 0 Å². The normalized spacial score (nSPS) is 11.1. The van der Waals surface area contributed by atoms with E-state index in [-0.39, 0.29) is 0 Å². The Balaban J connectivity index is 1.88. The number of H-pyrrole nitrogens is 1. The van der Waals surface area contributed by atoms with Gasteiger partial charge in [0, 0.05) is 24.3 Å². The van der Waals surface area contributed by atoms with Gasteiger partial charge >= 0.3 is 0 Å². The third-order valence-corrected chi connectivity index (χ3v) is 4.37. The molecule has 3 rings (SSSR count). The van der Waals surface area contributed by atoms with E-state index in [1.165, 1.54) is 22.1 Å². The van der Waals surface area contributed by atoms with E-state index in [2.05, 4.69) is 39.8 Å². The molecule has 0 radical (unpaired) electrons. The van der Waals surface area contributed by atoms with Gasteiger partial charge in [0.1, 0.15) is 5.82 Å². The molecular weight excluding hydrogens is 282 g/mol. The minimum Gasteiger partial charge on any atom is -0.383 e. The molecule has 2 heterocycles. The minimum atomic E-state index is 0.589. The first kappa shape index (κ1) is 13.9. The number of aromatic amines is 1. The average molecular weight is 299 g/mol. The Morgan fingerprint density at radius 3 is 2.95 bits per heavy atom. The standard InChI is InChI=1S/C15H17N5S/c1-9-5-13-12(3-4-17-15(13)16)10(2)14(9)8-20-21-11-6-18-19-7-11/h3-7,20H,8H2,1-2H3,(H2,16,17)(H,18,19). The third-order valence-electron chi connectivity index (χ3n) is 3.63. The summed E-state index contributed by atoms with van der Waals surface area (Å²) in [5.41, 5.74) is 9.73. The Hall–Kier alpha value is -2.05. The van der Waals surface area contributed by atoms with E-state index < -0.39 is 0 Å². The molecule has 0 spiro atoms. The number of fused-ring (bicyclic) bond motifs is 1. The number of nitrogen functional groups attached to an aromatic ring is 1. The molecular formula is C15H17N5S. The molecule has 1 aromatic carbocycles. The molecule has 0 fully saturated rings. The van der Waals surface area contributed by atoms with Crippen LogP contribution < -0.4 is 10.5 Å². The molecule has 0 saturated heterocycles. The number of anilines is 1. The zero-order valence-corrected chi connectivity index (χ0v) is 12.8. The number of nitrogens with zero attached hydrogens (tertiary/aromatic N) is 2. The van der Waals surface area contributed by atoms with Gasteiger partial charge in [-0.2, -0.15) is 5.10 Å². The van der Waals surface area contributed by atoms with Crippen LogP contribution >= 0.6 is 11.9 Å². The highest BCUT2D eigenvalue weighted by molar-refractivity contribution is 7.97. The molecule has 0 amide bonds. The highest BCUT2D eigenvalue weighted by Gasteiger charge is 2.10. The van der Waals surface area contributed by atoms with E-state index in [1.807, 2.05) is 12.3 Å². The first-order valence-electron chi connectivity index (χ1n) is 6.68. The number of benzene rings is 1. The highest BCUT2D eigenvalue weighted by Crippen LogP contribution is 2.28. The fourth-order valence-electron chi connectivity index (χ4n) is 2.49. The van der Waals surface area contributed by atoms with E-state index in [1.54, 1.807) is 24.3 Å². The third kappa shape index (κ3) is 2.72. The summed E-state index contributed by atoms with van der Waals surface area (Å²) >= 11 is 1.57. The fraction of sp³-hybridized carbons (Fsp3) is 0.200. The van der Waals surface area contributed by atoms with Gasteiger partial charge in [0.15, 0.2) is 0 Å². The number of hydrogen-bond donors (Lipinski definition) is 3. The number of nitrogens with one attached hydrogen (secondary N) is 2. The lowest BCUT2D eigenvalue weighted by molar-refractivity contribution is 0.952. The van der Waals surface area contributed by atoms with Crippen molar-refractivity contribution >= 4 is 28.5 Å². The van der Waals surface area contributed by atoms with Crippen molar-refractivity contribution in [3.8, 4) is 0 Å². The van der Waals surface area contributed by atoms with Gasteiger partial charge in [0.25, 0.3) is 0 Å². The van der Waals surface area contributed by atoms with Crippen molar-refractivity contribution in [3.05, 3.63) is 47.4 Å². The van der Waals surface area contributed by atoms with Gasteiger partial charge in [-0.05, 0) is 60.0 Å². The van der Waals surface area contributed by atoms with E-state index >= 15 is 0 Å². The number of aryl methyl sites for hydroxylation is 2. The summed E-state index contributed by atoms with van der Waals surface area (Å²) in [5, 5.41) is 8.92. The molecule has 0 bridgehead atoms. The number of aromatic nitrogens is 3. The van der Waals surface area contributed by atoms with Gasteiger partial charge in [-0.3, -0.25) is 9.82 Å². The summed E-state index contributed by atoms with van der Waals surface area (Å²) in [4.78, 5) is 5.23. The summed E-state index contributed by atoms with van der Waals surface area (Å²) in [5.74, 6) is 0.589. The Morgan fingerprint density at radius 1 is 1.33 bits per heavy atom. The van der Waals surface area contributed by atoms with Gasteiger partial charge in [0.05, 0.1) is 11.1 Å². The largest absolute Gasteiger partial charge is 0.383 e. The van der Waals surface area contributed by atoms with Crippen molar-refractivity contribution < 1.29 is 0 Å². The van der Waals surface area contributed by atoms with Gasteiger partial charge in [-0.1, -0.05) is 0 Å². The maximum atomic E-state index is 5.97. The Labute approximate surface area is 127 Å². The Kier molecular flexibility index (Phi) is 3.81. The maximum absolute atomic E-state index is 5.97. The zero-order valence-electron chi connectivity index (χ0n) is 12.0. The van der Waals surface area contributed by atoms with Crippen LogP contribution in [0.3, 0.4) is 0 Å². The Bertz CT molecular complexity index is 767. The number of pyridine rings is 1. The summed E-state index contributed by atoms with van der Waals surface area (Å²) in [6.07, 6.45) is 5.42. The van der Waals surface area contributed by atoms with E-state index in [0.717, 1.165) is 16.8 Å². The maximum Gasteiger partial charge on any atom is 0.131 e.